The number of rotatable bonds is 5. The second-order valence-corrected chi connectivity index (χ2v) is 11.0. The predicted molar refractivity (Wildman–Crippen MR) is 138 cm³/mol. The quantitative estimate of drug-likeness (QED) is 0.501. The third-order valence-corrected chi connectivity index (χ3v) is 7.85. The molecule has 1 aliphatic rings. The van der Waals surface area contributed by atoms with Crippen molar-refractivity contribution in [2.45, 2.75) is 37.1 Å². The van der Waals surface area contributed by atoms with E-state index in [0.29, 0.717) is 18.6 Å². The van der Waals surface area contributed by atoms with Gasteiger partial charge in [0.1, 0.15) is 11.6 Å². The minimum absolute atomic E-state index is 0.0269. The monoisotopic (exact) mass is 510 g/mol. The van der Waals surface area contributed by atoms with Gasteiger partial charge < -0.3 is 15.4 Å². The number of nitrogens with one attached hydrogen (secondary N) is 2. The van der Waals surface area contributed by atoms with Crippen LogP contribution in [-0.2, 0) is 22.8 Å². The molecule has 2 bridgehead atoms. The van der Waals surface area contributed by atoms with Crippen molar-refractivity contribution in [2.75, 3.05) is 25.4 Å². The summed E-state index contributed by atoms with van der Waals surface area (Å²) >= 11 is 0. The first-order valence-electron chi connectivity index (χ1n) is 12.2. The standard InChI is InChI=1S/C28H31FN2O4S/c29-25-8-10-26(11-9-25)36(33,34)16-14-31-28(32)23-7-12-27-24(19-23)18-21-5-4-6-22(17-21)20-30-13-2-1-3-15-35-27/h4-12,17,19,30H,1-3,13-16,18,20H2,(H,31,32). The highest BCUT2D eigenvalue weighted by molar-refractivity contribution is 7.91. The topological polar surface area (TPSA) is 84.5 Å². The summed E-state index contributed by atoms with van der Waals surface area (Å²) in [5.74, 6) is -0.383. The van der Waals surface area contributed by atoms with E-state index in [1.807, 2.05) is 18.2 Å². The fourth-order valence-electron chi connectivity index (χ4n) is 4.17. The van der Waals surface area contributed by atoms with Gasteiger partial charge in [0.15, 0.2) is 9.84 Å². The number of ether oxygens (including phenoxy) is 1. The summed E-state index contributed by atoms with van der Waals surface area (Å²) in [5, 5.41) is 6.17. The number of amides is 1. The first-order valence-corrected chi connectivity index (χ1v) is 13.9. The van der Waals surface area contributed by atoms with Crippen molar-refractivity contribution in [3.8, 4) is 5.75 Å². The molecule has 8 heteroatoms. The van der Waals surface area contributed by atoms with Crippen LogP contribution in [0.1, 0.15) is 46.3 Å². The van der Waals surface area contributed by atoms with Crippen molar-refractivity contribution < 1.29 is 22.3 Å². The van der Waals surface area contributed by atoms with Gasteiger partial charge in [0.25, 0.3) is 5.91 Å². The maximum atomic E-state index is 13.1. The number of hydrogen-bond acceptors (Lipinski definition) is 5. The molecule has 0 aliphatic carbocycles. The van der Waals surface area contributed by atoms with Crippen LogP contribution in [0.15, 0.2) is 71.6 Å². The molecule has 0 spiro atoms. The summed E-state index contributed by atoms with van der Waals surface area (Å²) in [6, 6.07) is 18.4. The van der Waals surface area contributed by atoms with Gasteiger partial charge in [-0.3, -0.25) is 4.79 Å². The molecule has 1 heterocycles. The Bertz CT molecular complexity index is 1290. The third kappa shape index (κ3) is 7.15. The zero-order chi connectivity index (χ0) is 25.4. The van der Waals surface area contributed by atoms with E-state index in [-0.39, 0.29) is 23.1 Å². The largest absolute Gasteiger partial charge is 0.493 e. The van der Waals surface area contributed by atoms with E-state index in [1.165, 1.54) is 17.7 Å². The minimum Gasteiger partial charge on any atom is -0.493 e. The number of carbonyl (C=O) groups is 1. The fourth-order valence-corrected chi connectivity index (χ4v) is 5.33. The lowest BCUT2D eigenvalue weighted by Crippen LogP contribution is -2.29. The molecular formula is C28H31FN2O4S. The van der Waals surface area contributed by atoms with Crippen molar-refractivity contribution in [3.05, 3.63) is 94.8 Å². The highest BCUT2D eigenvalue weighted by atomic mass is 32.2. The molecular weight excluding hydrogens is 479 g/mol. The van der Waals surface area contributed by atoms with Crippen LogP contribution in [0.2, 0.25) is 0 Å². The van der Waals surface area contributed by atoms with E-state index in [9.17, 15) is 17.6 Å². The second kappa shape index (κ2) is 12.1. The molecule has 0 fully saturated rings. The molecule has 4 rings (SSSR count). The summed E-state index contributed by atoms with van der Waals surface area (Å²) in [7, 11) is -3.63. The lowest BCUT2D eigenvalue weighted by atomic mass is 9.99. The van der Waals surface area contributed by atoms with Gasteiger partial charge in [-0.25, -0.2) is 12.8 Å². The van der Waals surface area contributed by atoms with E-state index in [4.69, 9.17) is 4.74 Å². The highest BCUT2D eigenvalue weighted by Crippen LogP contribution is 2.25. The smallest absolute Gasteiger partial charge is 0.251 e. The predicted octanol–water partition coefficient (Wildman–Crippen LogP) is 4.27. The molecule has 3 aromatic rings. The van der Waals surface area contributed by atoms with Crippen molar-refractivity contribution in [1.29, 1.82) is 0 Å². The van der Waals surface area contributed by atoms with Gasteiger partial charge >= 0.3 is 0 Å². The number of fused-ring (bicyclic) bond motifs is 3. The average Bonchev–Trinajstić information content (AvgIpc) is 2.86. The van der Waals surface area contributed by atoms with Gasteiger partial charge in [0, 0.05) is 25.1 Å². The Morgan fingerprint density at radius 2 is 1.78 bits per heavy atom. The molecule has 190 valence electrons. The van der Waals surface area contributed by atoms with Crippen molar-refractivity contribution >= 4 is 15.7 Å². The number of carbonyl (C=O) groups excluding carboxylic acids is 1. The van der Waals surface area contributed by atoms with E-state index in [0.717, 1.165) is 61.4 Å². The SMILES string of the molecule is O=C(NCCS(=O)(=O)c1ccc(F)cc1)c1ccc2c(c1)Cc1cccc(c1)CNCCCCCO2. The van der Waals surface area contributed by atoms with Gasteiger partial charge in [-0.1, -0.05) is 24.3 Å². The molecule has 0 aromatic heterocycles. The first kappa shape index (κ1) is 25.9. The Labute approximate surface area is 211 Å². The minimum atomic E-state index is -3.63. The third-order valence-electron chi connectivity index (χ3n) is 6.12. The van der Waals surface area contributed by atoms with Crippen molar-refractivity contribution in [3.63, 3.8) is 0 Å². The molecule has 0 radical (unpaired) electrons. The number of sulfone groups is 1. The van der Waals surface area contributed by atoms with Crippen LogP contribution in [0.25, 0.3) is 0 Å². The number of benzene rings is 3. The molecule has 2 N–H and O–H groups in total. The van der Waals surface area contributed by atoms with Crippen LogP contribution in [0.3, 0.4) is 0 Å². The summed E-state index contributed by atoms with van der Waals surface area (Å²) in [4.78, 5) is 12.9. The molecule has 0 atom stereocenters. The summed E-state index contributed by atoms with van der Waals surface area (Å²) in [5.41, 5.74) is 3.68. The van der Waals surface area contributed by atoms with Crippen LogP contribution in [0.4, 0.5) is 4.39 Å². The van der Waals surface area contributed by atoms with Gasteiger partial charge in [-0.05, 0) is 85.0 Å². The Hall–Kier alpha value is -3.23. The highest BCUT2D eigenvalue weighted by Gasteiger charge is 2.16. The Morgan fingerprint density at radius 1 is 0.972 bits per heavy atom. The molecule has 36 heavy (non-hydrogen) atoms. The Balaban J connectivity index is 1.46. The van der Waals surface area contributed by atoms with Crippen LogP contribution >= 0.6 is 0 Å². The molecule has 1 amide bonds. The maximum Gasteiger partial charge on any atom is 0.251 e. The normalized spacial score (nSPS) is 14.7. The molecule has 0 saturated heterocycles. The average molecular weight is 511 g/mol. The van der Waals surface area contributed by atoms with Gasteiger partial charge in [-0.2, -0.15) is 0 Å². The zero-order valence-electron chi connectivity index (χ0n) is 20.1. The van der Waals surface area contributed by atoms with E-state index >= 15 is 0 Å². The molecule has 3 aromatic carbocycles. The van der Waals surface area contributed by atoms with E-state index in [1.54, 1.807) is 6.07 Å². The van der Waals surface area contributed by atoms with Crippen LogP contribution in [0, 0.1) is 5.82 Å². The maximum absolute atomic E-state index is 13.1. The fraction of sp³-hybridized carbons (Fsp3) is 0.321. The summed E-state index contributed by atoms with van der Waals surface area (Å²) < 4.78 is 44.1. The Kier molecular flexibility index (Phi) is 8.72. The van der Waals surface area contributed by atoms with E-state index < -0.39 is 15.7 Å². The molecule has 1 aliphatic heterocycles. The van der Waals surface area contributed by atoms with Crippen molar-refractivity contribution in [2.24, 2.45) is 0 Å². The number of hydrogen-bond donors (Lipinski definition) is 2. The second-order valence-electron chi connectivity index (χ2n) is 8.93. The van der Waals surface area contributed by atoms with Gasteiger partial charge in [0.05, 0.1) is 17.3 Å². The molecule has 0 saturated carbocycles. The summed E-state index contributed by atoms with van der Waals surface area (Å²) in [6.07, 6.45) is 3.73. The van der Waals surface area contributed by atoms with Crippen LogP contribution in [0.5, 0.6) is 5.75 Å². The van der Waals surface area contributed by atoms with Crippen LogP contribution < -0.4 is 15.4 Å². The van der Waals surface area contributed by atoms with Gasteiger partial charge in [-0.15, -0.1) is 0 Å². The molecule has 0 unspecified atom stereocenters. The summed E-state index contributed by atoms with van der Waals surface area (Å²) in [6.45, 7) is 2.35. The van der Waals surface area contributed by atoms with Crippen molar-refractivity contribution in [1.82, 2.24) is 10.6 Å². The zero-order valence-corrected chi connectivity index (χ0v) is 21.0. The van der Waals surface area contributed by atoms with Gasteiger partial charge in [0.2, 0.25) is 0 Å². The number of halogens is 1. The van der Waals surface area contributed by atoms with Crippen LogP contribution in [-0.4, -0.2) is 39.8 Å². The lowest BCUT2D eigenvalue weighted by molar-refractivity contribution is 0.0956. The Morgan fingerprint density at radius 3 is 2.61 bits per heavy atom. The van der Waals surface area contributed by atoms with E-state index in [2.05, 4.69) is 28.8 Å². The first-order chi connectivity index (χ1) is 17.4. The lowest BCUT2D eigenvalue weighted by Gasteiger charge is -2.15. The molecule has 6 nitrogen and oxygen atoms in total.